The molecule has 0 aliphatic heterocycles. The van der Waals surface area contributed by atoms with Gasteiger partial charge in [-0.15, -0.1) is 0 Å². The van der Waals surface area contributed by atoms with Gasteiger partial charge in [0.15, 0.2) is 0 Å². The predicted octanol–water partition coefficient (Wildman–Crippen LogP) is 1.68. The van der Waals surface area contributed by atoms with Crippen LogP contribution in [-0.2, 0) is 6.18 Å². The average molecular weight is 271 g/mol. The summed E-state index contributed by atoms with van der Waals surface area (Å²) in [4.78, 5) is 7.33. The van der Waals surface area contributed by atoms with Crippen molar-refractivity contribution in [3.8, 4) is 0 Å². The highest BCUT2D eigenvalue weighted by molar-refractivity contribution is 5.98. The van der Waals surface area contributed by atoms with Crippen LogP contribution in [0.2, 0.25) is 0 Å². The number of oxime groups is 1. The van der Waals surface area contributed by atoms with Crippen LogP contribution in [0.4, 0.5) is 13.2 Å². The SMILES string of the molecule is Cc1cc(C(F)(F)F)cnc1/C(=N\O)n1cncn1. The van der Waals surface area contributed by atoms with E-state index >= 15 is 0 Å². The number of nitrogens with zero attached hydrogens (tertiary/aromatic N) is 5. The molecular weight excluding hydrogens is 263 g/mol. The molecule has 1 N–H and O–H groups in total. The van der Waals surface area contributed by atoms with Crippen molar-refractivity contribution in [2.24, 2.45) is 5.16 Å². The molecule has 9 heteroatoms. The third-order valence-electron chi connectivity index (χ3n) is 2.35. The highest BCUT2D eigenvalue weighted by atomic mass is 19.4. The highest BCUT2D eigenvalue weighted by Gasteiger charge is 2.31. The second-order valence-corrected chi connectivity index (χ2v) is 3.65. The van der Waals surface area contributed by atoms with Crippen molar-refractivity contribution in [1.29, 1.82) is 0 Å². The van der Waals surface area contributed by atoms with Crippen LogP contribution >= 0.6 is 0 Å². The van der Waals surface area contributed by atoms with E-state index in [-0.39, 0.29) is 17.1 Å². The first-order chi connectivity index (χ1) is 8.93. The van der Waals surface area contributed by atoms with Gasteiger partial charge in [-0.2, -0.15) is 23.0 Å². The molecule has 0 radical (unpaired) electrons. The van der Waals surface area contributed by atoms with Gasteiger partial charge in [-0.05, 0) is 18.6 Å². The van der Waals surface area contributed by atoms with E-state index in [0.29, 0.717) is 6.20 Å². The normalized spacial score (nSPS) is 12.7. The lowest BCUT2D eigenvalue weighted by Crippen LogP contribution is -2.18. The van der Waals surface area contributed by atoms with E-state index in [2.05, 4.69) is 20.2 Å². The summed E-state index contributed by atoms with van der Waals surface area (Å²) < 4.78 is 38.6. The van der Waals surface area contributed by atoms with Crippen molar-refractivity contribution in [2.75, 3.05) is 0 Å². The minimum atomic E-state index is -4.47. The first-order valence-corrected chi connectivity index (χ1v) is 5.04. The molecule has 0 saturated carbocycles. The van der Waals surface area contributed by atoms with Crippen LogP contribution in [0.15, 0.2) is 30.1 Å². The Bertz CT molecular complexity index is 606. The Balaban J connectivity index is 2.47. The molecule has 0 amide bonds. The fraction of sp³-hybridized carbons (Fsp3) is 0.200. The third kappa shape index (κ3) is 2.54. The quantitative estimate of drug-likeness (QED) is 0.370. The van der Waals surface area contributed by atoms with E-state index in [1.165, 1.54) is 19.6 Å². The van der Waals surface area contributed by atoms with E-state index in [1.807, 2.05) is 0 Å². The third-order valence-corrected chi connectivity index (χ3v) is 2.35. The van der Waals surface area contributed by atoms with E-state index < -0.39 is 11.7 Å². The summed E-state index contributed by atoms with van der Waals surface area (Å²) in [6.07, 6.45) is -1.36. The highest BCUT2D eigenvalue weighted by Crippen LogP contribution is 2.29. The molecule has 2 aromatic heterocycles. The van der Waals surface area contributed by atoms with E-state index in [1.54, 1.807) is 0 Å². The lowest BCUT2D eigenvalue weighted by Gasteiger charge is -2.10. The molecule has 2 aromatic rings. The Kier molecular flexibility index (Phi) is 3.19. The molecule has 0 fully saturated rings. The molecule has 0 saturated heterocycles. The number of alkyl halides is 3. The summed E-state index contributed by atoms with van der Waals surface area (Å²) in [5, 5.41) is 15.7. The summed E-state index contributed by atoms with van der Waals surface area (Å²) in [7, 11) is 0. The number of pyridine rings is 1. The molecular formula is C10H8F3N5O. The van der Waals surface area contributed by atoms with Crippen molar-refractivity contribution in [3.63, 3.8) is 0 Å². The van der Waals surface area contributed by atoms with Crippen LogP contribution in [0, 0.1) is 6.92 Å². The molecule has 0 aliphatic rings. The summed E-state index contributed by atoms with van der Waals surface area (Å²) in [5.41, 5.74) is -0.580. The molecule has 100 valence electrons. The molecule has 0 aromatic carbocycles. The van der Waals surface area contributed by atoms with Crippen molar-refractivity contribution < 1.29 is 18.4 Å². The smallest absolute Gasteiger partial charge is 0.409 e. The van der Waals surface area contributed by atoms with E-state index in [0.717, 1.165) is 10.7 Å². The minimum absolute atomic E-state index is 0.0843. The maximum atomic E-state index is 12.5. The molecule has 19 heavy (non-hydrogen) atoms. The zero-order valence-corrected chi connectivity index (χ0v) is 9.63. The fourth-order valence-electron chi connectivity index (χ4n) is 1.48. The van der Waals surface area contributed by atoms with Crippen LogP contribution in [0.1, 0.15) is 16.8 Å². The van der Waals surface area contributed by atoms with Gasteiger partial charge in [0, 0.05) is 6.20 Å². The number of aryl methyl sites for hydroxylation is 1. The zero-order chi connectivity index (χ0) is 14.0. The average Bonchev–Trinajstić information content (AvgIpc) is 2.84. The largest absolute Gasteiger partial charge is 0.417 e. The number of hydrogen-bond donors (Lipinski definition) is 1. The number of rotatable bonds is 1. The number of halogens is 3. The van der Waals surface area contributed by atoms with E-state index in [9.17, 15) is 13.2 Å². The first kappa shape index (κ1) is 13.0. The Labute approximate surface area is 105 Å². The number of hydrogen-bond acceptors (Lipinski definition) is 5. The molecule has 0 atom stereocenters. The summed E-state index contributed by atoms with van der Waals surface area (Å²) >= 11 is 0. The Morgan fingerprint density at radius 2 is 2.16 bits per heavy atom. The van der Waals surface area contributed by atoms with E-state index in [4.69, 9.17) is 5.21 Å². The monoisotopic (exact) mass is 271 g/mol. The Hall–Kier alpha value is -2.45. The summed E-state index contributed by atoms with van der Waals surface area (Å²) in [6, 6.07) is 0.921. The zero-order valence-electron chi connectivity index (χ0n) is 9.63. The fourth-order valence-corrected chi connectivity index (χ4v) is 1.48. The minimum Gasteiger partial charge on any atom is -0.409 e. The van der Waals surface area contributed by atoms with Gasteiger partial charge in [-0.3, -0.25) is 4.98 Å². The second kappa shape index (κ2) is 4.67. The lowest BCUT2D eigenvalue weighted by atomic mass is 10.1. The van der Waals surface area contributed by atoms with Gasteiger partial charge in [-0.25, -0.2) is 4.98 Å². The maximum Gasteiger partial charge on any atom is 0.417 e. The standard InChI is InChI=1S/C10H8F3N5O/c1-6-2-7(10(11,12)13)3-15-8(6)9(17-19)18-5-14-4-16-18/h2-5,19H,1H3/b17-9+. The Morgan fingerprint density at radius 3 is 2.63 bits per heavy atom. The molecule has 0 spiro atoms. The Morgan fingerprint density at radius 1 is 1.42 bits per heavy atom. The number of aromatic nitrogens is 4. The van der Waals surface area contributed by atoms with Crippen molar-refractivity contribution >= 4 is 5.84 Å². The van der Waals surface area contributed by atoms with Crippen molar-refractivity contribution in [3.05, 3.63) is 41.7 Å². The predicted molar refractivity (Wildman–Crippen MR) is 57.7 cm³/mol. The van der Waals surface area contributed by atoms with Gasteiger partial charge in [0.25, 0.3) is 0 Å². The van der Waals surface area contributed by atoms with Gasteiger partial charge in [0.2, 0.25) is 5.84 Å². The molecule has 0 aliphatic carbocycles. The van der Waals surface area contributed by atoms with Crippen molar-refractivity contribution in [2.45, 2.75) is 13.1 Å². The van der Waals surface area contributed by atoms with Gasteiger partial charge in [0.1, 0.15) is 18.3 Å². The van der Waals surface area contributed by atoms with Crippen LogP contribution in [0.5, 0.6) is 0 Å². The summed E-state index contributed by atoms with van der Waals surface area (Å²) in [5.74, 6) is -0.108. The van der Waals surface area contributed by atoms with Crippen LogP contribution in [-0.4, -0.2) is 30.8 Å². The first-order valence-electron chi connectivity index (χ1n) is 5.04. The van der Waals surface area contributed by atoms with Gasteiger partial charge in [0.05, 0.1) is 5.56 Å². The topological polar surface area (TPSA) is 76.2 Å². The van der Waals surface area contributed by atoms with Crippen LogP contribution in [0.3, 0.4) is 0 Å². The lowest BCUT2D eigenvalue weighted by molar-refractivity contribution is -0.137. The molecule has 0 bridgehead atoms. The molecule has 2 heterocycles. The summed E-state index contributed by atoms with van der Waals surface area (Å²) in [6.45, 7) is 1.43. The molecule has 0 unspecified atom stereocenters. The maximum absolute atomic E-state index is 12.5. The van der Waals surface area contributed by atoms with Gasteiger partial charge in [-0.1, -0.05) is 5.16 Å². The van der Waals surface area contributed by atoms with Crippen molar-refractivity contribution in [1.82, 2.24) is 19.7 Å². The van der Waals surface area contributed by atoms with Gasteiger partial charge < -0.3 is 5.21 Å². The van der Waals surface area contributed by atoms with Gasteiger partial charge >= 0.3 is 6.18 Å². The molecule has 2 rings (SSSR count). The molecule has 6 nitrogen and oxygen atoms in total. The second-order valence-electron chi connectivity index (χ2n) is 3.65. The van der Waals surface area contributed by atoms with Crippen LogP contribution in [0.25, 0.3) is 0 Å². The van der Waals surface area contributed by atoms with Crippen LogP contribution < -0.4 is 0 Å².